The molecule has 6 amide bonds. The van der Waals surface area contributed by atoms with Crippen molar-refractivity contribution in [3.63, 3.8) is 0 Å². The standard InChI is InChI=1S/C22H23ClN4O2.C20H18ClN3O.C19H20ClN5O.C18H18ClN5O.C18H21N5O/c23-16-5-4-6-17(14-16)27-19-8-7-15(22(29)26-11-2-1-3-12-26)13-18(19)25-21(27)10-9-20(24)28;21-15-3-1-4-16(10-15)24-13-22-17-9-14(5-6-18(17)24)19(25)23-11-20(12-23)7-2-8-20;1-12-3-5-24(6-4-12)19(26)14-7-16-17(20)11-25(18(16)23-8-14)15-9-21-13(2)22-10-15;1-12-2-6-23(7-3-12)18(25)13-8-14-15(19)11-24(17(14)22-9-13)16-10-20-4-5-21-16;1-13-3-6-22(7-4-13)18(24)15-9-14-5-8-23(17(14)19-10-15)16-11-20-21(2)12-16/h4-8,13-14H,1-3,9-12H2,(H2,24,28);1,3-6,9-10,13H,2,7-8,11-12H2;7-12H,3-6H2,1-2H3;4-5,8-12H,2-3,6-7H2,1H3;5,8-13H,3-4,6-7H2,1-2H3. The van der Waals surface area contributed by atoms with Crippen molar-refractivity contribution >= 4 is 137 Å². The monoisotopic (exact) mass is 1810 g/mol. The van der Waals surface area contributed by atoms with Crippen molar-refractivity contribution in [1.82, 2.24) is 102 Å². The Morgan fingerprint density at radius 2 is 0.977 bits per heavy atom. The van der Waals surface area contributed by atoms with Gasteiger partial charge in [-0.05, 0) is 192 Å². The maximum Gasteiger partial charge on any atom is 0.255 e. The fourth-order valence-electron chi connectivity index (χ4n) is 17.6. The molecule has 1 saturated carbocycles. The third-order valence-electron chi connectivity index (χ3n) is 25.4. The van der Waals surface area contributed by atoms with E-state index in [1.165, 1.54) is 25.7 Å². The predicted molar refractivity (Wildman–Crippen MR) is 500 cm³/mol. The molecular weight excluding hydrogens is 1710 g/mol. The van der Waals surface area contributed by atoms with Crippen LogP contribution in [0, 0.1) is 30.1 Å². The van der Waals surface area contributed by atoms with Crippen molar-refractivity contribution in [3.8, 4) is 28.6 Å². The Morgan fingerprint density at radius 3 is 1.53 bits per heavy atom. The zero-order valence-corrected chi connectivity index (χ0v) is 75.6. The number of hydrogen-bond acceptors (Lipinski definition) is 16. The van der Waals surface area contributed by atoms with Gasteiger partial charge in [-0.15, -0.1) is 0 Å². The summed E-state index contributed by atoms with van der Waals surface area (Å²) in [5.41, 5.74) is 18.1. The number of piperidine rings is 4. The van der Waals surface area contributed by atoms with Gasteiger partial charge in [0.1, 0.15) is 34.9 Å². The summed E-state index contributed by atoms with van der Waals surface area (Å²) < 4.78 is 11.3. The molecule has 4 aromatic carbocycles. The van der Waals surface area contributed by atoms with Gasteiger partial charge in [-0.1, -0.05) is 85.7 Å². The lowest BCUT2D eigenvalue weighted by molar-refractivity contribution is -0.118. The van der Waals surface area contributed by atoms with E-state index in [2.05, 4.69) is 65.7 Å². The number of amides is 6. The molecule has 662 valence electrons. The van der Waals surface area contributed by atoms with Crippen molar-refractivity contribution in [1.29, 1.82) is 0 Å². The van der Waals surface area contributed by atoms with Gasteiger partial charge in [0, 0.05) is 195 Å². The summed E-state index contributed by atoms with van der Waals surface area (Å²) in [6.07, 6.45) is 38.4. The number of nitrogens with two attached hydrogens (primary N) is 1. The first-order valence-electron chi connectivity index (χ1n) is 44.0. The molecule has 21 rings (SSSR count). The molecule has 5 aliphatic heterocycles. The van der Waals surface area contributed by atoms with Gasteiger partial charge >= 0.3 is 0 Å². The number of carbonyl (C=O) groups is 6. The SMILES string of the molecule is CC1CCN(C(=O)c2cnc3c(c2)c(Cl)cn3-c2cnccn2)CC1.CC1CCN(C(=O)c2cnc3c(ccn3-c3cnn(C)c3)c2)CC1.Cc1ncc(-n2cc(Cl)c3cc(C(=O)N4CCC(C)CC4)cnc32)cn1.NC(=O)CCc1nc2cc(C(=O)N3CCCCC3)ccc2n1-c1cccc(Cl)c1.O=C(c1ccc2c(c1)ncn2-c1cccc(Cl)c1)N1CC2(CCC2)C1. The number of rotatable bonds is 13. The van der Waals surface area contributed by atoms with Crippen LogP contribution in [-0.4, -0.2) is 203 Å². The highest BCUT2D eigenvalue weighted by Crippen LogP contribution is 2.49. The average Bonchev–Trinajstić information content (AvgIpc) is 1.62. The van der Waals surface area contributed by atoms with Gasteiger partial charge in [0.2, 0.25) is 5.91 Å². The fourth-order valence-corrected chi connectivity index (χ4v) is 18.5. The predicted octanol–water partition coefficient (Wildman–Crippen LogP) is 17.6. The van der Waals surface area contributed by atoms with E-state index in [-0.39, 0.29) is 41.9 Å². The highest BCUT2D eigenvalue weighted by atomic mass is 35.5. The normalized spacial score (nSPS) is 15.9. The quantitative estimate of drug-likeness (QED) is 0.112. The van der Waals surface area contributed by atoms with Gasteiger partial charge in [-0.25, -0.2) is 39.9 Å². The lowest BCUT2D eigenvalue weighted by Crippen LogP contribution is -2.61. The van der Waals surface area contributed by atoms with E-state index < -0.39 is 0 Å². The molecule has 1 spiro atoms. The molecule has 16 heterocycles. The molecule has 11 aromatic heterocycles. The molecular formula is C97H100Cl4N22O6. The van der Waals surface area contributed by atoms with E-state index in [1.807, 2.05) is 178 Å². The minimum absolute atomic E-state index is 0.0182. The topological polar surface area (TPSA) is 303 Å². The minimum atomic E-state index is -0.379. The average molecular weight is 1810 g/mol. The molecule has 0 unspecified atom stereocenters. The number of benzene rings is 4. The highest BCUT2D eigenvalue weighted by molar-refractivity contribution is 6.36. The van der Waals surface area contributed by atoms with Crippen LogP contribution < -0.4 is 5.73 Å². The van der Waals surface area contributed by atoms with E-state index in [4.69, 9.17) is 57.1 Å². The number of nitrogens with zero attached hydrogens (tertiary/aromatic N) is 21. The third-order valence-corrected chi connectivity index (χ3v) is 26.5. The van der Waals surface area contributed by atoms with Gasteiger partial charge in [-0.3, -0.25) is 61.3 Å². The lowest BCUT2D eigenvalue weighted by atomic mass is 9.63. The van der Waals surface area contributed by atoms with Crippen molar-refractivity contribution in [2.75, 3.05) is 65.4 Å². The maximum absolute atomic E-state index is 12.9. The fraction of sp³-hybridized carbons (Fsp3) is 0.340. The van der Waals surface area contributed by atoms with Crippen LogP contribution in [0.15, 0.2) is 196 Å². The van der Waals surface area contributed by atoms with Crippen molar-refractivity contribution in [3.05, 3.63) is 256 Å². The molecule has 32 heteroatoms. The molecule has 0 radical (unpaired) electrons. The molecule has 0 atom stereocenters. The second-order valence-electron chi connectivity index (χ2n) is 34.7. The highest BCUT2D eigenvalue weighted by Gasteiger charge is 2.49. The number of likely N-dealkylation sites (tertiary alicyclic amines) is 5. The van der Waals surface area contributed by atoms with Gasteiger partial charge < -0.3 is 30.2 Å². The van der Waals surface area contributed by atoms with E-state index in [0.29, 0.717) is 106 Å². The van der Waals surface area contributed by atoms with Gasteiger partial charge in [0.15, 0.2) is 5.82 Å². The van der Waals surface area contributed by atoms with Crippen LogP contribution >= 0.6 is 46.4 Å². The number of aryl methyl sites for hydroxylation is 3. The van der Waals surface area contributed by atoms with Gasteiger partial charge in [0.05, 0.1) is 85.0 Å². The van der Waals surface area contributed by atoms with E-state index in [0.717, 1.165) is 183 Å². The maximum atomic E-state index is 12.9. The molecule has 6 fully saturated rings. The number of fused-ring (bicyclic) bond motifs is 5. The number of carbonyl (C=O) groups excluding carboxylic acids is 6. The molecule has 28 nitrogen and oxygen atoms in total. The first-order chi connectivity index (χ1) is 62.4. The summed E-state index contributed by atoms with van der Waals surface area (Å²) in [6.45, 7) is 16.9. The van der Waals surface area contributed by atoms with Gasteiger partial charge in [0.25, 0.3) is 29.5 Å². The van der Waals surface area contributed by atoms with Crippen LogP contribution in [0.5, 0.6) is 0 Å². The summed E-state index contributed by atoms with van der Waals surface area (Å²) in [7, 11) is 1.89. The first kappa shape index (κ1) is 88.3. The van der Waals surface area contributed by atoms with Crippen LogP contribution in [0.3, 0.4) is 0 Å². The number of primary amides is 1. The molecule has 0 bridgehead atoms. The Labute approximate surface area is 766 Å². The Balaban J connectivity index is 0.000000113. The van der Waals surface area contributed by atoms with Crippen LogP contribution in [0.25, 0.3) is 83.7 Å². The largest absolute Gasteiger partial charge is 0.370 e. The molecule has 1 aliphatic carbocycles. The van der Waals surface area contributed by atoms with E-state index in [1.54, 1.807) is 83.7 Å². The summed E-state index contributed by atoms with van der Waals surface area (Å²) in [5.74, 6) is 4.04. The Hall–Kier alpha value is -12.8. The van der Waals surface area contributed by atoms with E-state index in [9.17, 15) is 28.8 Å². The smallest absolute Gasteiger partial charge is 0.255 e. The van der Waals surface area contributed by atoms with Crippen LogP contribution in [0.1, 0.15) is 168 Å². The summed E-state index contributed by atoms with van der Waals surface area (Å²) >= 11 is 25.1. The lowest BCUT2D eigenvalue weighted by Gasteiger charge is -2.55. The van der Waals surface area contributed by atoms with Crippen molar-refractivity contribution in [2.24, 2.45) is 36.0 Å². The first-order valence-corrected chi connectivity index (χ1v) is 45.5. The number of halogens is 4. The molecule has 5 saturated heterocycles. The Morgan fingerprint density at radius 1 is 0.450 bits per heavy atom. The second-order valence-corrected chi connectivity index (χ2v) is 36.4. The summed E-state index contributed by atoms with van der Waals surface area (Å²) in [6, 6.07) is 34.1. The van der Waals surface area contributed by atoms with E-state index >= 15 is 0 Å². The summed E-state index contributed by atoms with van der Waals surface area (Å²) in [4.78, 5) is 124. The van der Waals surface area contributed by atoms with Crippen molar-refractivity contribution in [2.45, 2.75) is 118 Å². The van der Waals surface area contributed by atoms with Gasteiger partial charge in [-0.2, -0.15) is 5.10 Å². The molecule has 6 aliphatic rings. The molecule has 129 heavy (non-hydrogen) atoms. The zero-order chi connectivity index (χ0) is 89.7. The Kier molecular flexibility index (Phi) is 26.5. The number of hydrogen-bond donors (Lipinski definition) is 1. The Bertz CT molecular complexity index is 6660. The van der Waals surface area contributed by atoms with Crippen molar-refractivity contribution < 1.29 is 28.8 Å². The summed E-state index contributed by atoms with van der Waals surface area (Å²) in [5, 5.41) is 9.05. The third kappa shape index (κ3) is 19.6. The van der Waals surface area contributed by atoms with Crippen LogP contribution in [-0.2, 0) is 18.3 Å². The molecule has 2 N–H and O–H groups in total. The number of pyridine rings is 3. The number of aromatic nitrogens is 16. The van der Waals surface area contributed by atoms with Crippen LogP contribution in [0.2, 0.25) is 20.1 Å². The zero-order valence-electron chi connectivity index (χ0n) is 72.6. The number of imidazole rings is 2. The second kappa shape index (κ2) is 38.7. The van der Waals surface area contributed by atoms with Crippen LogP contribution in [0.4, 0.5) is 0 Å². The molecule has 15 aromatic rings. The minimum Gasteiger partial charge on any atom is -0.370 e.